The van der Waals surface area contributed by atoms with Gasteiger partial charge in [0, 0.05) is 13.5 Å². The smallest absolute Gasteiger partial charge is 0.326 e. The molecule has 2 amide bonds. The first-order chi connectivity index (χ1) is 10.7. The van der Waals surface area contributed by atoms with Crippen molar-refractivity contribution in [3.63, 3.8) is 0 Å². The number of nitrogens with one attached hydrogen (secondary N) is 2. The summed E-state index contributed by atoms with van der Waals surface area (Å²) in [4.78, 5) is 38.6. The molecule has 0 aromatic rings. The first-order valence-electron chi connectivity index (χ1n) is 7.54. The lowest BCUT2D eigenvalue weighted by Gasteiger charge is -2.24. The first kappa shape index (κ1) is 20.7. The molecule has 0 radical (unpaired) electrons. The highest BCUT2D eigenvalue weighted by atomic mass is 16.4. The van der Waals surface area contributed by atoms with Crippen LogP contribution in [-0.2, 0) is 14.4 Å². The molecule has 3 atom stereocenters. The van der Waals surface area contributed by atoms with Crippen LogP contribution in [0.2, 0.25) is 0 Å². The van der Waals surface area contributed by atoms with Crippen molar-refractivity contribution in [3.05, 3.63) is 0 Å². The third-order valence-corrected chi connectivity index (χ3v) is 3.42. The van der Waals surface area contributed by atoms with Crippen molar-refractivity contribution in [2.24, 2.45) is 22.4 Å². The Kier molecular flexibility index (Phi) is 9.36. The summed E-state index contributed by atoms with van der Waals surface area (Å²) in [5.41, 5.74) is 10.4. The molecular weight excluding hydrogens is 302 g/mol. The first-order valence-corrected chi connectivity index (χ1v) is 7.54. The Bertz CT molecular complexity index is 448. The van der Waals surface area contributed by atoms with E-state index in [9.17, 15) is 19.5 Å². The van der Waals surface area contributed by atoms with E-state index in [1.54, 1.807) is 6.92 Å². The molecule has 132 valence electrons. The van der Waals surface area contributed by atoms with Gasteiger partial charge in [-0.3, -0.25) is 14.6 Å². The number of carboxylic acid groups (broad SMARTS) is 1. The van der Waals surface area contributed by atoms with Crippen LogP contribution in [0, 0.1) is 5.92 Å². The van der Waals surface area contributed by atoms with E-state index in [4.69, 9.17) is 11.5 Å². The summed E-state index contributed by atoms with van der Waals surface area (Å²) < 4.78 is 0. The summed E-state index contributed by atoms with van der Waals surface area (Å²) in [7, 11) is 0. The van der Waals surface area contributed by atoms with E-state index in [1.807, 2.05) is 6.92 Å². The Morgan fingerprint density at radius 2 is 1.83 bits per heavy atom. The molecule has 0 saturated carbocycles. The third-order valence-electron chi connectivity index (χ3n) is 3.42. The lowest BCUT2D eigenvalue weighted by molar-refractivity contribution is -0.143. The molecule has 0 aromatic heterocycles. The normalized spacial score (nSPS) is 14.2. The zero-order chi connectivity index (χ0) is 18.0. The summed E-state index contributed by atoms with van der Waals surface area (Å²) in [6.07, 6.45) is 1.37. The molecule has 0 aliphatic carbocycles. The fraction of sp³-hybridized carbons (Fsp3) is 0.714. The number of carbonyl (C=O) groups excluding carboxylic acids is 2. The largest absolute Gasteiger partial charge is 0.480 e. The molecule has 0 fully saturated rings. The average Bonchev–Trinajstić information content (AvgIpc) is 2.45. The fourth-order valence-electron chi connectivity index (χ4n) is 1.95. The van der Waals surface area contributed by atoms with Gasteiger partial charge in [0.15, 0.2) is 5.96 Å². The average molecular weight is 329 g/mol. The van der Waals surface area contributed by atoms with Crippen LogP contribution in [0.3, 0.4) is 0 Å². The van der Waals surface area contributed by atoms with E-state index in [2.05, 4.69) is 15.6 Å². The molecule has 0 bridgehead atoms. The van der Waals surface area contributed by atoms with Gasteiger partial charge in [0.25, 0.3) is 0 Å². The number of rotatable bonds is 10. The maximum atomic E-state index is 12.3. The van der Waals surface area contributed by atoms with E-state index in [0.717, 1.165) is 0 Å². The molecule has 7 N–H and O–H groups in total. The number of carbonyl (C=O) groups is 3. The van der Waals surface area contributed by atoms with Gasteiger partial charge >= 0.3 is 5.97 Å². The van der Waals surface area contributed by atoms with E-state index < -0.39 is 24.0 Å². The van der Waals surface area contributed by atoms with Crippen LogP contribution < -0.4 is 22.1 Å². The molecule has 0 rings (SSSR count). The summed E-state index contributed by atoms with van der Waals surface area (Å²) in [5, 5.41) is 14.2. The number of amides is 2. The maximum Gasteiger partial charge on any atom is 0.326 e. The van der Waals surface area contributed by atoms with Gasteiger partial charge in [-0.25, -0.2) is 4.79 Å². The molecule has 0 saturated heterocycles. The van der Waals surface area contributed by atoms with Crippen LogP contribution in [0.1, 0.15) is 40.0 Å². The van der Waals surface area contributed by atoms with Gasteiger partial charge in [0.2, 0.25) is 11.8 Å². The molecular formula is C14H27N5O4. The Hall–Kier alpha value is -2.32. The monoisotopic (exact) mass is 329 g/mol. The van der Waals surface area contributed by atoms with E-state index in [1.165, 1.54) is 6.92 Å². The topological polar surface area (TPSA) is 160 Å². The number of aliphatic imine (C=N–C) groups is 1. The highest BCUT2D eigenvalue weighted by Gasteiger charge is 2.28. The van der Waals surface area contributed by atoms with E-state index in [-0.39, 0.29) is 17.8 Å². The number of aliphatic carboxylic acids is 1. The molecule has 0 aromatic carbocycles. The van der Waals surface area contributed by atoms with Crippen LogP contribution in [0.15, 0.2) is 4.99 Å². The second kappa shape index (κ2) is 10.4. The molecule has 0 spiro atoms. The second-order valence-corrected chi connectivity index (χ2v) is 5.41. The highest BCUT2D eigenvalue weighted by Crippen LogP contribution is 2.09. The van der Waals surface area contributed by atoms with Gasteiger partial charge < -0.3 is 27.2 Å². The van der Waals surface area contributed by atoms with Crippen molar-refractivity contribution >= 4 is 23.7 Å². The number of hydrogen-bond donors (Lipinski definition) is 5. The summed E-state index contributed by atoms with van der Waals surface area (Å²) >= 11 is 0. The Morgan fingerprint density at radius 1 is 1.22 bits per heavy atom. The summed E-state index contributed by atoms with van der Waals surface area (Å²) in [5.74, 6) is -2.28. The Balaban J connectivity index is 4.80. The van der Waals surface area contributed by atoms with Crippen LogP contribution in [0.5, 0.6) is 0 Å². The minimum atomic E-state index is -1.10. The SMILES string of the molecule is CC[C@H](C)[C@H](NC(=O)[C@H](CCCN=C(N)N)NC(C)=O)C(=O)O. The molecule has 0 unspecified atom stereocenters. The van der Waals surface area contributed by atoms with Crippen molar-refractivity contribution in [2.45, 2.75) is 52.1 Å². The predicted molar refractivity (Wildman–Crippen MR) is 86.5 cm³/mol. The number of carboxylic acids is 1. The minimum absolute atomic E-state index is 0.0479. The van der Waals surface area contributed by atoms with Crippen molar-refractivity contribution in [2.75, 3.05) is 6.54 Å². The third kappa shape index (κ3) is 8.64. The van der Waals surface area contributed by atoms with Crippen LogP contribution in [0.4, 0.5) is 0 Å². The minimum Gasteiger partial charge on any atom is -0.480 e. The molecule has 0 aliphatic heterocycles. The predicted octanol–water partition coefficient (Wildman–Crippen LogP) is -0.840. The molecule has 0 heterocycles. The molecule has 9 heteroatoms. The van der Waals surface area contributed by atoms with Crippen molar-refractivity contribution < 1.29 is 19.5 Å². The van der Waals surface area contributed by atoms with Gasteiger partial charge in [0.05, 0.1) is 0 Å². The highest BCUT2D eigenvalue weighted by molar-refractivity contribution is 5.90. The number of hydrogen-bond acceptors (Lipinski definition) is 4. The van der Waals surface area contributed by atoms with Gasteiger partial charge in [-0.2, -0.15) is 0 Å². The molecule has 23 heavy (non-hydrogen) atoms. The summed E-state index contributed by atoms with van der Waals surface area (Å²) in [6.45, 7) is 5.19. The van der Waals surface area contributed by atoms with Crippen LogP contribution in [0.25, 0.3) is 0 Å². The molecule has 9 nitrogen and oxygen atoms in total. The van der Waals surface area contributed by atoms with Gasteiger partial charge in [-0.1, -0.05) is 20.3 Å². The molecule has 0 aliphatic rings. The standard InChI is InChI=1S/C14H27N5O4/c1-4-8(2)11(13(22)23)19-12(21)10(18-9(3)20)6-5-7-17-14(15)16/h8,10-11H,4-7H2,1-3H3,(H,18,20)(H,19,21)(H,22,23)(H4,15,16,17)/t8-,10-,11-/m0/s1. The van der Waals surface area contributed by atoms with Gasteiger partial charge in [0.1, 0.15) is 12.1 Å². The van der Waals surface area contributed by atoms with Gasteiger partial charge in [-0.15, -0.1) is 0 Å². The second-order valence-electron chi connectivity index (χ2n) is 5.41. The van der Waals surface area contributed by atoms with Crippen LogP contribution >= 0.6 is 0 Å². The number of nitrogens with zero attached hydrogens (tertiary/aromatic N) is 1. The van der Waals surface area contributed by atoms with E-state index >= 15 is 0 Å². The fourth-order valence-corrected chi connectivity index (χ4v) is 1.95. The van der Waals surface area contributed by atoms with Gasteiger partial charge in [-0.05, 0) is 18.8 Å². The summed E-state index contributed by atoms with van der Waals surface area (Å²) in [6, 6.07) is -1.82. The van der Waals surface area contributed by atoms with Crippen molar-refractivity contribution in [1.29, 1.82) is 0 Å². The quantitative estimate of drug-likeness (QED) is 0.199. The van der Waals surface area contributed by atoms with Crippen molar-refractivity contribution in [1.82, 2.24) is 10.6 Å². The Morgan fingerprint density at radius 3 is 2.26 bits per heavy atom. The van der Waals surface area contributed by atoms with Crippen LogP contribution in [-0.4, -0.2) is 47.5 Å². The lowest BCUT2D eigenvalue weighted by Crippen LogP contribution is -2.53. The maximum absolute atomic E-state index is 12.3. The Labute approximate surface area is 135 Å². The zero-order valence-electron chi connectivity index (χ0n) is 13.8. The number of guanidine groups is 1. The lowest BCUT2D eigenvalue weighted by atomic mass is 9.98. The van der Waals surface area contributed by atoms with Crippen molar-refractivity contribution in [3.8, 4) is 0 Å². The number of nitrogens with two attached hydrogens (primary N) is 2. The van der Waals surface area contributed by atoms with E-state index in [0.29, 0.717) is 25.8 Å². The zero-order valence-corrected chi connectivity index (χ0v) is 13.8.